The van der Waals surface area contributed by atoms with Gasteiger partial charge in [-0.25, -0.2) is 0 Å². The van der Waals surface area contributed by atoms with Gasteiger partial charge in [-0.3, -0.25) is 14.9 Å². The van der Waals surface area contributed by atoms with Gasteiger partial charge in [0.05, 0.1) is 23.7 Å². The lowest BCUT2D eigenvalue weighted by molar-refractivity contribution is -0.385. The molecule has 120 valence electrons. The van der Waals surface area contributed by atoms with Gasteiger partial charge in [0.25, 0.3) is 5.91 Å². The molecule has 0 N–H and O–H groups in total. The van der Waals surface area contributed by atoms with Crippen LogP contribution in [0.25, 0.3) is 0 Å². The molecule has 7 nitrogen and oxygen atoms in total. The lowest BCUT2D eigenvalue weighted by Crippen LogP contribution is -2.48. The zero-order valence-corrected chi connectivity index (χ0v) is 12.9. The van der Waals surface area contributed by atoms with Gasteiger partial charge in [0.15, 0.2) is 5.75 Å². The normalized spacial score (nSPS) is 21.5. The fourth-order valence-corrected chi connectivity index (χ4v) is 2.60. The summed E-state index contributed by atoms with van der Waals surface area (Å²) in [7, 11) is 0. The maximum absolute atomic E-state index is 12.5. The average Bonchev–Trinajstić information content (AvgIpc) is 2.46. The Morgan fingerprint density at radius 2 is 2.05 bits per heavy atom. The number of rotatable bonds is 4. The van der Waals surface area contributed by atoms with Crippen LogP contribution in [-0.4, -0.2) is 47.6 Å². The monoisotopic (exact) mass is 308 g/mol. The van der Waals surface area contributed by atoms with Gasteiger partial charge in [-0.2, -0.15) is 0 Å². The standard InChI is InChI=1S/C15H20N2O5/c1-4-21-14-6-5-12(7-13(14)17(19)20)15(18)16-8-10(2)22-11(3)9-16/h5-7,10-11H,4,8-9H2,1-3H3. The summed E-state index contributed by atoms with van der Waals surface area (Å²) in [6.07, 6.45) is -0.101. The van der Waals surface area contributed by atoms with E-state index in [0.717, 1.165) is 0 Å². The third-order valence-electron chi connectivity index (χ3n) is 3.41. The summed E-state index contributed by atoms with van der Waals surface area (Å²) in [6.45, 7) is 6.83. The number of nitrogens with zero attached hydrogens (tertiary/aromatic N) is 2. The molecular weight excluding hydrogens is 288 g/mol. The molecule has 2 unspecified atom stereocenters. The Morgan fingerprint density at radius 3 is 2.59 bits per heavy atom. The molecule has 1 aliphatic heterocycles. The van der Waals surface area contributed by atoms with Crippen molar-refractivity contribution in [2.75, 3.05) is 19.7 Å². The van der Waals surface area contributed by atoms with E-state index in [4.69, 9.17) is 9.47 Å². The van der Waals surface area contributed by atoms with E-state index in [9.17, 15) is 14.9 Å². The Kier molecular flexibility index (Phi) is 4.97. The molecule has 0 saturated carbocycles. The van der Waals surface area contributed by atoms with E-state index in [1.165, 1.54) is 12.1 Å². The lowest BCUT2D eigenvalue weighted by atomic mass is 10.1. The molecule has 1 aromatic carbocycles. The van der Waals surface area contributed by atoms with E-state index >= 15 is 0 Å². The largest absolute Gasteiger partial charge is 0.487 e. The van der Waals surface area contributed by atoms with E-state index in [-0.39, 0.29) is 35.1 Å². The van der Waals surface area contributed by atoms with Crippen molar-refractivity contribution in [3.8, 4) is 5.75 Å². The molecule has 0 radical (unpaired) electrons. The number of carbonyl (C=O) groups excluding carboxylic acids is 1. The molecule has 1 aliphatic rings. The first-order valence-electron chi connectivity index (χ1n) is 7.28. The van der Waals surface area contributed by atoms with Crippen LogP contribution in [0.4, 0.5) is 5.69 Å². The number of hydrogen-bond acceptors (Lipinski definition) is 5. The van der Waals surface area contributed by atoms with Crippen molar-refractivity contribution < 1.29 is 19.2 Å². The summed E-state index contributed by atoms with van der Waals surface area (Å²) < 4.78 is 10.8. The first-order valence-corrected chi connectivity index (χ1v) is 7.28. The number of morpholine rings is 1. The van der Waals surface area contributed by atoms with Crippen molar-refractivity contribution in [2.45, 2.75) is 33.0 Å². The van der Waals surface area contributed by atoms with Crippen molar-refractivity contribution >= 4 is 11.6 Å². The van der Waals surface area contributed by atoms with Crippen LogP contribution in [0.15, 0.2) is 18.2 Å². The minimum atomic E-state index is -0.535. The Hall–Kier alpha value is -2.15. The average molecular weight is 308 g/mol. The fourth-order valence-electron chi connectivity index (χ4n) is 2.60. The Balaban J connectivity index is 2.26. The molecule has 2 rings (SSSR count). The van der Waals surface area contributed by atoms with Gasteiger partial charge in [0, 0.05) is 24.7 Å². The fraction of sp³-hybridized carbons (Fsp3) is 0.533. The van der Waals surface area contributed by atoms with Crippen LogP contribution in [0.1, 0.15) is 31.1 Å². The zero-order chi connectivity index (χ0) is 16.3. The van der Waals surface area contributed by atoms with E-state index < -0.39 is 4.92 Å². The molecule has 0 bridgehead atoms. The van der Waals surface area contributed by atoms with Gasteiger partial charge in [-0.1, -0.05) is 0 Å². The van der Waals surface area contributed by atoms with Crippen LogP contribution in [0.2, 0.25) is 0 Å². The maximum Gasteiger partial charge on any atom is 0.311 e. The number of hydrogen-bond donors (Lipinski definition) is 0. The predicted octanol–water partition coefficient (Wildman–Crippen LogP) is 2.24. The van der Waals surface area contributed by atoms with Crippen LogP contribution in [0.3, 0.4) is 0 Å². The molecule has 7 heteroatoms. The van der Waals surface area contributed by atoms with Gasteiger partial charge in [0.1, 0.15) is 0 Å². The highest BCUT2D eigenvalue weighted by Gasteiger charge is 2.28. The van der Waals surface area contributed by atoms with Crippen molar-refractivity contribution in [1.82, 2.24) is 4.90 Å². The summed E-state index contributed by atoms with van der Waals surface area (Å²) in [5.74, 6) is -0.0547. The lowest BCUT2D eigenvalue weighted by Gasteiger charge is -2.35. The summed E-state index contributed by atoms with van der Waals surface area (Å²) >= 11 is 0. The van der Waals surface area contributed by atoms with Gasteiger partial charge < -0.3 is 14.4 Å². The second-order valence-corrected chi connectivity index (χ2v) is 5.34. The molecule has 1 heterocycles. The smallest absolute Gasteiger partial charge is 0.311 e. The first kappa shape index (κ1) is 16.2. The Bertz CT molecular complexity index is 565. The molecule has 0 spiro atoms. The Morgan fingerprint density at radius 1 is 1.41 bits per heavy atom. The molecule has 2 atom stereocenters. The highest BCUT2D eigenvalue weighted by Crippen LogP contribution is 2.28. The second kappa shape index (κ2) is 6.74. The molecule has 1 saturated heterocycles. The van der Waals surface area contributed by atoms with Gasteiger partial charge >= 0.3 is 5.69 Å². The third kappa shape index (κ3) is 3.54. The van der Waals surface area contributed by atoms with Crippen LogP contribution < -0.4 is 4.74 Å². The third-order valence-corrected chi connectivity index (χ3v) is 3.41. The number of ether oxygens (including phenoxy) is 2. The second-order valence-electron chi connectivity index (χ2n) is 5.34. The Labute approximate surface area is 129 Å². The zero-order valence-electron chi connectivity index (χ0n) is 12.9. The predicted molar refractivity (Wildman–Crippen MR) is 80.2 cm³/mol. The summed E-state index contributed by atoms with van der Waals surface area (Å²) in [6, 6.07) is 4.31. The van der Waals surface area contributed by atoms with Crippen molar-refractivity contribution in [3.05, 3.63) is 33.9 Å². The van der Waals surface area contributed by atoms with E-state index in [0.29, 0.717) is 19.7 Å². The summed E-state index contributed by atoms with van der Waals surface area (Å²) in [5, 5.41) is 11.1. The molecular formula is C15H20N2O5. The molecule has 22 heavy (non-hydrogen) atoms. The number of nitro groups is 1. The first-order chi connectivity index (χ1) is 10.4. The summed E-state index contributed by atoms with van der Waals surface area (Å²) in [5.41, 5.74) is 0.0958. The van der Waals surface area contributed by atoms with Gasteiger partial charge in [-0.15, -0.1) is 0 Å². The number of carbonyl (C=O) groups is 1. The summed E-state index contributed by atoms with van der Waals surface area (Å²) in [4.78, 5) is 24.8. The minimum Gasteiger partial charge on any atom is -0.487 e. The van der Waals surface area contributed by atoms with Crippen molar-refractivity contribution in [3.63, 3.8) is 0 Å². The van der Waals surface area contributed by atoms with Crippen molar-refractivity contribution in [1.29, 1.82) is 0 Å². The molecule has 0 aromatic heterocycles. The van der Waals surface area contributed by atoms with E-state index in [1.54, 1.807) is 17.9 Å². The number of benzene rings is 1. The van der Waals surface area contributed by atoms with E-state index in [2.05, 4.69) is 0 Å². The number of nitro benzene ring substituents is 1. The maximum atomic E-state index is 12.5. The van der Waals surface area contributed by atoms with Crippen LogP contribution in [-0.2, 0) is 4.74 Å². The SMILES string of the molecule is CCOc1ccc(C(=O)N2CC(C)OC(C)C2)cc1[N+](=O)[O-]. The quantitative estimate of drug-likeness (QED) is 0.629. The number of amides is 1. The van der Waals surface area contributed by atoms with Gasteiger partial charge in [-0.05, 0) is 32.9 Å². The van der Waals surface area contributed by atoms with Crippen LogP contribution in [0, 0.1) is 10.1 Å². The highest BCUT2D eigenvalue weighted by molar-refractivity contribution is 5.95. The highest BCUT2D eigenvalue weighted by atomic mass is 16.6. The molecule has 0 aliphatic carbocycles. The van der Waals surface area contributed by atoms with Crippen LogP contribution >= 0.6 is 0 Å². The van der Waals surface area contributed by atoms with E-state index in [1.807, 2.05) is 13.8 Å². The molecule has 1 amide bonds. The van der Waals surface area contributed by atoms with Crippen molar-refractivity contribution in [2.24, 2.45) is 0 Å². The molecule has 1 aromatic rings. The minimum absolute atomic E-state index is 0.0506. The topological polar surface area (TPSA) is 81.9 Å². The van der Waals surface area contributed by atoms with Crippen LogP contribution in [0.5, 0.6) is 5.75 Å². The van der Waals surface area contributed by atoms with Gasteiger partial charge in [0.2, 0.25) is 0 Å². The molecule has 1 fully saturated rings.